The minimum atomic E-state index is -0.0137. The topological polar surface area (TPSA) is 52.7 Å². The minimum Gasteiger partial charge on any atom is -0.376 e. The molecular formula is C19H21N3O2. The van der Waals surface area contributed by atoms with Crippen molar-refractivity contribution in [3.05, 3.63) is 59.7 Å². The first-order valence-electron chi connectivity index (χ1n) is 8.00. The van der Waals surface area contributed by atoms with Crippen molar-refractivity contribution < 1.29 is 9.59 Å². The summed E-state index contributed by atoms with van der Waals surface area (Å²) < 4.78 is 0. The summed E-state index contributed by atoms with van der Waals surface area (Å²) in [6.07, 6.45) is 0.886. The van der Waals surface area contributed by atoms with Gasteiger partial charge in [-0.1, -0.05) is 24.3 Å². The third kappa shape index (κ3) is 3.25. The SMILES string of the molecule is CN(C)C(=O)CNc1cccc(C(=O)N2CCc3ccccc32)c1. The van der Waals surface area contributed by atoms with E-state index in [0.717, 1.165) is 17.8 Å². The van der Waals surface area contributed by atoms with Gasteiger partial charge in [0, 0.05) is 37.6 Å². The smallest absolute Gasteiger partial charge is 0.258 e. The molecule has 0 aliphatic carbocycles. The molecule has 0 atom stereocenters. The lowest BCUT2D eigenvalue weighted by Gasteiger charge is -2.18. The third-order valence-electron chi connectivity index (χ3n) is 4.18. The van der Waals surface area contributed by atoms with Crippen molar-refractivity contribution in [2.45, 2.75) is 6.42 Å². The van der Waals surface area contributed by atoms with Crippen molar-refractivity contribution >= 4 is 23.2 Å². The van der Waals surface area contributed by atoms with E-state index in [2.05, 4.69) is 11.4 Å². The molecule has 0 spiro atoms. The van der Waals surface area contributed by atoms with Crippen molar-refractivity contribution in [2.75, 3.05) is 37.4 Å². The Morgan fingerprint density at radius 1 is 1.12 bits per heavy atom. The fraction of sp³-hybridized carbons (Fsp3) is 0.263. The van der Waals surface area contributed by atoms with E-state index in [9.17, 15) is 9.59 Å². The molecule has 124 valence electrons. The molecule has 0 saturated carbocycles. The molecule has 2 aromatic rings. The van der Waals surface area contributed by atoms with E-state index in [1.54, 1.807) is 20.2 Å². The highest BCUT2D eigenvalue weighted by atomic mass is 16.2. The fourth-order valence-corrected chi connectivity index (χ4v) is 2.80. The van der Waals surface area contributed by atoms with Crippen LogP contribution in [0.3, 0.4) is 0 Å². The molecule has 1 heterocycles. The van der Waals surface area contributed by atoms with Crippen molar-refractivity contribution in [2.24, 2.45) is 0 Å². The molecule has 2 amide bonds. The van der Waals surface area contributed by atoms with Gasteiger partial charge in [0.15, 0.2) is 0 Å². The summed E-state index contributed by atoms with van der Waals surface area (Å²) in [6, 6.07) is 15.3. The van der Waals surface area contributed by atoms with Gasteiger partial charge in [-0.2, -0.15) is 0 Å². The first kappa shape index (κ1) is 16.1. The van der Waals surface area contributed by atoms with Crippen LogP contribution in [0.4, 0.5) is 11.4 Å². The molecule has 0 radical (unpaired) electrons. The van der Waals surface area contributed by atoms with Gasteiger partial charge in [-0.15, -0.1) is 0 Å². The van der Waals surface area contributed by atoms with Crippen LogP contribution in [0.1, 0.15) is 15.9 Å². The molecule has 5 heteroatoms. The Labute approximate surface area is 141 Å². The highest BCUT2D eigenvalue weighted by Gasteiger charge is 2.25. The van der Waals surface area contributed by atoms with E-state index < -0.39 is 0 Å². The van der Waals surface area contributed by atoms with Crippen molar-refractivity contribution in [1.29, 1.82) is 0 Å². The summed E-state index contributed by atoms with van der Waals surface area (Å²) in [5, 5.41) is 3.07. The summed E-state index contributed by atoms with van der Waals surface area (Å²) >= 11 is 0. The predicted molar refractivity (Wildman–Crippen MR) is 95.4 cm³/mol. The number of anilines is 2. The van der Waals surface area contributed by atoms with Crippen LogP contribution < -0.4 is 10.2 Å². The lowest BCUT2D eigenvalue weighted by atomic mass is 10.1. The molecule has 0 bridgehead atoms. The molecule has 1 N–H and O–H groups in total. The number of rotatable bonds is 4. The van der Waals surface area contributed by atoms with Crippen molar-refractivity contribution in [3.63, 3.8) is 0 Å². The zero-order chi connectivity index (χ0) is 17.1. The fourth-order valence-electron chi connectivity index (χ4n) is 2.80. The molecule has 24 heavy (non-hydrogen) atoms. The number of carbonyl (C=O) groups excluding carboxylic acids is 2. The molecule has 1 aliphatic rings. The summed E-state index contributed by atoms with van der Waals surface area (Å²) in [6.45, 7) is 0.909. The van der Waals surface area contributed by atoms with E-state index in [4.69, 9.17) is 0 Å². The lowest BCUT2D eigenvalue weighted by molar-refractivity contribution is -0.126. The van der Waals surface area contributed by atoms with E-state index >= 15 is 0 Å². The van der Waals surface area contributed by atoms with Gasteiger partial charge < -0.3 is 15.1 Å². The number of benzene rings is 2. The molecule has 5 nitrogen and oxygen atoms in total. The van der Waals surface area contributed by atoms with Gasteiger partial charge in [0.2, 0.25) is 5.91 Å². The Bertz CT molecular complexity index is 771. The lowest BCUT2D eigenvalue weighted by Crippen LogP contribution is -2.29. The van der Waals surface area contributed by atoms with Gasteiger partial charge in [-0.25, -0.2) is 0 Å². The van der Waals surface area contributed by atoms with Gasteiger partial charge in [-0.3, -0.25) is 9.59 Å². The Morgan fingerprint density at radius 2 is 1.92 bits per heavy atom. The highest BCUT2D eigenvalue weighted by Crippen LogP contribution is 2.29. The first-order chi connectivity index (χ1) is 11.6. The number of nitrogens with one attached hydrogen (secondary N) is 1. The summed E-state index contributed by atoms with van der Waals surface area (Å²) in [7, 11) is 3.43. The number of carbonyl (C=O) groups is 2. The van der Waals surface area contributed by atoms with Gasteiger partial charge in [0.05, 0.1) is 6.54 Å². The maximum atomic E-state index is 12.8. The normalized spacial score (nSPS) is 12.7. The van der Waals surface area contributed by atoms with Crippen LogP contribution in [0.25, 0.3) is 0 Å². The van der Waals surface area contributed by atoms with E-state index in [1.165, 1.54) is 10.5 Å². The standard InChI is InChI=1S/C19H21N3O2/c1-21(2)18(23)13-20-16-8-5-7-15(12-16)19(24)22-11-10-14-6-3-4-9-17(14)22/h3-9,12,20H,10-11,13H2,1-2H3. The molecular weight excluding hydrogens is 302 g/mol. The van der Waals surface area contributed by atoms with Crippen LogP contribution in [0, 0.1) is 0 Å². The van der Waals surface area contributed by atoms with Gasteiger partial charge >= 0.3 is 0 Å². The number of para-hydroxylation sites is 1. The average molecular weight is 323 g/mol. The first-order valence-corrected chi connectivity index (χ1v) is 8.00. The Morgan fingerprint density at radius 3 is 2.71 bits per heavy atom. The Balaban J connectivity index is 1.75. The summed E-state index contributed by atoms with van der Waals surface area (Å²) in [5.74, 6) is -0.0252. The molecule has 1 aliphatic heterocycles. The van der Waals surface area contributed by atoms with Crippen LogP contribution in [0.15, 0.2) is 48.5 Å². The number of hydrogen-bond acceptors (Lipinski definition) is 3. The Kier molecular flexibility index (Phi) is 4.51. The largest absolute Gasteiger partial charge is 0.376 e. The summed E-state index contributed by atoms with van der Waals surface area (Å²) in [4.78, 5) is 27.9. The number of nitrogens with zero attached hydrogens (tertiary/aromatic N) is 2. The second kappa shape index (κ2) is 6.74. The minimum absolute atomic E-state index is 0.0115. The van der Waals surface area contributed by atoms with Crippen LogP contribution in [-0.2, 0) is 11.2 Å². The number of likely N-dealkylation sites (N-methyl/N-ethyl adjacent to an activating group) is 1. The maximum Gasteiger partial charge on any atom is 0.258 e. The van der Waals surface area contributed by atoms with Crippen molar-refractivity contribution in [1.82, 2.24) is 4.90 Å². The molecule has 0 aromatic heterocycles. The number of hydrogen-bond donors (Lipinski definition) is 1. The Hall–Kier alpha value is -2.82. The van der Waals surface area contributed by atoms with E-state index in [-0.39, 0.29) is 18.4 Å². The maximum absolute atomic E-state index is 12.8. The third-order valence-corrected chi connectivity index (χ3v) is 4.18. The molecule has 0 unspecified atom stereocenters. The molecule has 2 aromatic carbocycles. The van der Waals surface area contributed by atoms with E-state index in [1.807, 2.05) is 41.3 Å². The van der Waals surface area contributed by atoms with E-state index in [0.29, 0.717) is 12.1 Å². The molecule has 0 fully saturated rings. The predicted octanol–water partition coefficient (Wildman–Crippen LogP) is 2.39. The van der Waals surface area contributed by atoms with Gasteiger partial charge in [-0.05, 0) is 36.2 Å². The van der Waals surface area contributed by atoms with Crippen LogP contribution in [-0.4, -0.2) is 43.9 Å². The average Bonchev–Trinajstić information content (AvgIpc) is 3.03. The summed E-state index contributed by atoms with van der Waals surface area (Å²) in [5.41, 5.74) is 3.58. The molecule has 0 saturated heterocycles. The second-order valence-electron chi connectivity index (χ2n) is 6.06. The van der Waals surface area contributed by atoms with Crippen LogP contribution >= 0.6 is 0 Å². The van der Waals surface area contributed by atoms with Gasteiger partial charge in [0.1, 0.15) is 0 Å². The number of amides is 2. The van der Waals surface area contributed by atoms with Crippen LogP contribution in [0.2, 0.25) is 0 Å². The zero-order valence-corrected chi connectivity index (χ0v) is 14.0. The quantitative estimate of drug-likeness (QED) is 0.940. The van der Waals surface area contributed by atoms with Crippen molar-refractivity contribution in [3.8, 4) is 0 Å². The second-order valence-corrected chi connectivity index (χ2v) is 6.06. The van der Waals surface area contributed by atoms with Crippen LogP contribution in [0.5, 0.6) is 0 Å². The zero-order valence-electron chi connectivity index (χ0n) is 14.0. The highest BCUT2D eigenvalue weighted by molar-refractivity contribution is 6.07. The monoisotopic (exact) mass is 323 g/mol. The van der Waals surface area contributed by atoms with Gasteiger partial charge in [0.25, 0.3) is 5.91 Å². The molecule has 3 rings (SSSR count). The number of fused-ring (bicyclic) bond motifs is 1.